The smallest absolute Gasteiger partial charge is 0.0986 e. The normalized spacial score (nSPS) is 12.7. The van der Waals surface area contributed by atoms with Crippen LogP contribution in [-0.4, -0.2) is 14.9 Å². The van der Waals surface area contributed by atoms with Gasteiger partial charge in [0.1, 0.15) is 0 Å². The van der Waals surface area contributed by atoms with E-state index in [1.165, 1.54) is 0 Å². The number of benzene rings is 1. The van der Waals surface area contributed by atoms with E-state index in [1.54, 1.807) is 0 Å². The molecule has 4 heteroatoms. The molecular formula is C13H15BrN2O. The van der Waals surface area contributed by atoms with Gasteiger partial charge in [-0.15, -0.1) is 0 Å². The molecule has 0 saturated carbocycles. The highest BCUT2D eigenvalue weighted by Gasteiger charge is 2.11. The largest absolute Gasteiger partial charge is 0.386 e. The molecule has 0 aliphatic rings. The van der Waals surface area contributed by atoms with Crippen LogP contribution in [0.15, 0.2) is 34.8 Å². The average molecular weight is 295 g/mol. The van der Waals surface area contributed by atoms with Crippen molar-refractivity contribution in [2.24, 2.45) is 0 Å². The van der Waals surface area contributed by atoms with Gasteiger partial charge >= 0.3 is 0 Å². The Kier molecular flexibility index (Phi) is 3.64. The van der Waals surface area contributed by atoms with Crippen LogP contribution in [0.4, 0.5) is 0 Å². The molecule has 0 amide bonds. The highest BCUT2D eigenvalue weighted by Crippen LogP contribution is 2.20. The molecule has 0 spiro atoms. The van der Waals surface area contributed by atoms with Crippen LogP contribution in [0.2, 0.25) is 0 Å². The third kappa shape index (κ3) is 2.96. The number of hydrogen-bond acceptors (Lipinski definition) is 2. The Bertz CT molecular complexity index is 522. The van der Waals surface area contributed by atoms with E-state index in [-0.39, 0.29) is 0 Å². The monoisotopic (exact) mass is 294 g/mol. The zero-order valence-corrected chi connectivity index (χ0v) is 11.5. The molecule has 0 radical (unpaired) electrons. The molecule has 1 atom stereocenters. The average Bonchev–Trinajstić information content (AvgIpc) is 2.57. The van der Waals surface area contributed by atoms with Crippen molar-refractivity contribution in [3.63, 3.8) is 0 Å². The lowest BCUT2D eigenvalue weighted by Crippen LogP contribution is -2.11. The number of aromatic nitrogens is 2. The summed E-state index contributed by atoms with van der Waals surface area (Å²) in [5.41, 5.74) is 2.94. The summed E-state index contributed by atoms with van der Waals surface area (Å²) in [6, 6.07) is 9.72. The Hall–Kier alpha value is -1.13. The maximum atomic E-state index is 10.2. The first kappa shape index (κ1) is 12.3. The zero-order valence-electron chi connectivity index (χ0n) is 9.89. The first-order valence-corrected chi connectivity index (χ1v) is 6.30. The standard InChI is InChI=1S/C13H15BrN2O/c1-9-6-10(2)16(15-9)8-13(17)11-4-3-5-12(14)7-11/h3-7,13,17H,8H2,1-2H3/t13-/m0/s1. The zero-order chi connectivity index (χ0) is 12.4. The molecule has 0 bridgehead atoms. The Morgan fingerprint density at radius 1 is 1.35 bits per heavy atom. The lowest BCUT2D eigenvalue weighted by atomic mass is 10.1. The molecule has 2 aromatic rings. The first-order chi connectivity index (χ1) is 8.06. The van der Waals surface area contributed by atoms with E-state index in [4.69, 9.17) is 0 Å². The van der Waals surface area contributed by atoms with Crippen LogP contribution in [0.5, 0.6) is 0 Å². The molecule has 17 heavy (non-hydrogen) atoms. The van der Waals surface area contributed by atoms with Crippen LogP contribution in [0, 0.1) is 13.8 Å². The van der Waals surface area contributed by atoms with Gasteiger partial charge in [-0.05, 0) is 37.6 Å². The number of rotatable bonds is 3. The summed E-state index contributed by atoms with van der Waals surface area (Å²) >= 11 is 3.40. The Balaban J connectivity index is 2.16. The van der Waals surface area contributed by atoms with Crippen molar-refractivity contribution in [2.45, 2.75) is 26.5 Å². The quantitative estimate of drug-likeness (QED) is 0.945. The van der Waals surface area contributed by atoms with Gasteiger partial charge in [-0.2, -0.15) is 5.10 Å². The van der Waals surface area contributed by atoms with Crippen molar-refractivity contribution in [2.75, 3.05) is 0 Å². The van der Waals surface area contributed by atoms with E-state index >= 15 is 0 Å². The van der Waals surface area contributed by atoms with Crippen LogP contribution < -0.4 is 0 Å². The molecule has 1 heterocycles. The van der Waals surface area contributed by atoms with Gasteiger partial charge in [0.2, 0.25) is 0 Å². The van der Waals surface area contributed by atoms with Crippen LogP contribution in [0.1, 0.15) is 23.1 Å². The summed E-state index contributed by atoms with van der Waals surface area (Å²) in [5.74, 6) is 0. The minimum atomic E-state index is -0.537. The number of halogens is 1. The van der Waals surface area contributed by atoms with Crippen LogP contribution >= 0.6 is 15.9 Å². The predicted octanol–water partition coefficient (Wildman–Crippen LogP) is 3.00. The number of aryl methyl sites for hydroxylation is 2. The lowest BCUT2D eigenvalue weighted by molar-refractivity contribution is 0.150. The summed E-state index contributed by atoms with van der Waals surface area (Å²) in [7, 11) is 0. The van der Waals surface area contributed by atoms with E-state index in [1.807, 2.05) is 48.9 Å². The molecule has 1 N–H and O–H groups in total. The van der Waals surface area contributed by atoms with Crippen molar-refractivity contribution < 1.29 is 5.11 Å². The Labute approximate surface area is 109 Å². The second kappa shape index (κ2) is 5.02. The molecule has 0 fully saturated rings. The minimum Gasteiger partial charge on any atom is -0.386 e. The number of aliphatic hydroxyl groups excluding tert-OH is 1. The first-order valence-electron chi connectivity index (χ1n) is 5.51. The van der Waals surface area contributed by atoms with Gasteiger partial charge < -0.3 is 5.11 Å². The maximum Gasteiger partial charge on any atom is 0.0986 e. The molecule has 0 unspecified atom stereocenters. The molecule has 0 aliphatic heterocycles. The Morgan fingerprint density at radius 3 is 2.71 bits per heavy atom. The van der Waals surface area contributed by atoms with Gasteiger partial charge in [0, 0.05) is 10.2 Å². The van der Waals surface area contributed by atoms with E-state index in [2.05, 4.69) is 21.0 Å². The van der Waals surface area contributed by atoms with Crippen molar-refractivity contribution in [1.29, 1.82) is 0 Å². The fraction of sp³-hybridized carbons (Fsp3) is 0.308. The highest BCUT2D eigenvalue weighted by molar-refractivity contribution is 9.10. The number of aliphatic hydroxyl groups is 1. The van der Waals surface area contributed by atoms with Crippen LogP contribution in [-0.2, 0) is 6.54 Å². The third-order valence-corrected chi connectivity index (χ3v) is 3.18. The fourth-order valence-electron chi connectivity index (χ4n) is 1.84. The van der Waals surface area contributed by atoms with Gasteiger partial charge in [-0.1, -0.05) is 28.1 Å². The second-order valence-electron chi connectivity index (χ2n) is 4.18. The number of hydrogen-bond donors (Lipinski definition) is 1. The summed E-state index contributed by atoms with van der Waals surface area (Å²) in [6.45, 7) is 4.43. The fourth-order valence-corrected chi connectivity index (χ4v) is 2.26. The molecule has 1 aromatic heterocycles. The topological polar surface area (TPSA) is 38.0 Å². The molecule has 90 valence electrons. The summed E-state index contributed by atoms with van der Waals surface area (Å²) in [4.78, 5) is 0. The molecular weight excluding hydrogens is 280 g/mol. The van der Waals surface area contributed by atoms with Crippen molar-refractivity contribution in [1.82, 2.24) is 9.78 Å². The van der Waals surface area contributed by atoms with E-state index in [9.17, 15) is 5.11 Å². The maximum absolute atomic E-state index is 10.2. The van der Waals surface area contributed by atoms with Gasteiger partial charge in [0.15, 0.2) is 0 Å². The van der Waals surface area contributed by atoms with Gasteiger partial charge in [0.05, 0.1) is 18.3 Å². The highest BCUT2D eigenvalue weighted by atomic mass is 79.9. The second-order valence-corrected chi connectivity index (χ2v) is 5.10. The van der Waals surface area contributed by atoms with Crippen molar-refractivity contribution in [3.05, 3.63) is 51.8 Å². The minimum absolute atomic E-state index is 0.482. The van der Waals surface area contributed by atoms with E-state index < -0.39 is 6.10 Å². The van der Waals surface area contributed by atoms with Gasteiger partial charge in [0.25, 0.3) is 0 Å². The van der Waals surface area contributed by atoms with Gasteiger partial charge in [-0.3, -0.25) is 4.68 Å². The van der Waals surface area contributed by atoms with E-state index in [0.29, 0.717) is 6.54 Å². The van der Waals surface area contributed by atoms with Gasteiger partial charge in [-0.25, -0.2) is 0 Å². The van der Waals surface area contributed by atoms with Crippen LogP contribution in [0.3, 0.4) is 0 Å². The lowest BCUT2D eigenvalue weighted by Gasteiger charge is -2.12. The summed E-state index contributed by atoms with van der Waals surface area (Å²) in [5, 5.41) is 14.5. The van der Waals surface area contributed by atoms with Crippen molar-refractivity contribution >= 4 is 15.9 Å². The van der Waals surface area contributed by atoms with Crippen molar-refractivity contribution in [3.8, 4) is 0 Å². The Morgan fingerprint density at radius 2 is 2.12 bits per heavy atom. The summed E-state index contributed by atoms with van der Waals surface area (Å²) in [6.07, 6.45) is -0.537. The molecule has 1 aromatic carbocycles. The third-order valence-electron chi connectivity index (χ3n) is 2.68. The SMILES string of the molecule is Cc1cc(C)n(C[C@H](O)c2cccc(Br)c2)n1. The molecule has 2 rings (SSSR count). The predicted molar refractivity (Wildman–Crippen MR) is 70.8 cm³/mol. The molecule has 0 saturated heterocycles. The molecule has 0 aliphatic carbocycles. The van der Waals surface area contributed by atoms with E-state index in [0.717, 1.165) is 21.4 Å². The van der Waals surface area contributed by atoms with Crippen LogP contribution in [0.25, 0.3) is 0 Å². The summed E-state index contributed by atoms with van der Waals surface area (Å²) < 4.78 is 2.81. The molecule has 3 nitrogen and oxygen atoms in total. The number of nitrogens with zero attached hydrogens (tertiary/aromatic N) is 2.